The van der Waals surface area contributed by atoms with Crippen LogP contribution in [-0.4, -0.2) is 72.8 Å². The molecule has 0 saturated carbocycles. The molecule has 1 aliphatic heterocycles. The second-order valence-corrected chi connectivity index (χ2v) is 13.4. The molecule has 4 aromatic rings. The molecule has 0 N–H and O–H groups in total. The van der Waals surface area contributed by atoms with Gasteiger partial charge in [0, 0.05) is 60.7 Å². The zero-order chi connectivity index (χ0) is 30.2. The summed E-state index contributed by atoms with van der Waals surface area (Å²) in [6.07, 6.45) is 7.56. The van der Waals surface area contributed by atoms with Crippen LogP contribution >= 0.6 is 27.7 Å². The van der Waals surface area contributed by atoms with E-state index in [1.165, 1.54) is 24.8 Å². The lowest BCUT2D eigenvalue weighted by atomic mass is 10.1. The number of fused-ring (bicyclic) bond motifs is 3. The molecule has 0 spiro atoms. The molecule has 10 heteroatoms. The van der Waals surface area contributed by atoms with Gasteiger partial charge in [-0.2, -0.15) is 0 Å². The molecule has 0 radical (unpaired) electrons. The number of amides is 2. The van der Waals surface area contributed by atoms with Gasteiger partial charge >= 0.3 is 0 Å². The highest BCUT2D eigenvalue weighted by atomic mass is 79.9. The number of benzene rings is 2. The van der Waals surface area contributed by atoms with Crippen LogP contribution < -0.4 is 0 Å². The molecule has 5 rings (SSSR count). The molecule has 1 aliphatic rings. The first-order chi connectivity index (χ1) is 20.9. The van der Waals surface area contributed by atoms with E-state index in [1.54, 1.807) is 11.8 Å². The van der Waals surface area contributed by atoms with Crippen LogP contribution in [0.5, 0.6) is 0 Å². The third-order valence-corrected chi connectivity index (χ3v) is 9.62. The summed E-state index contributed by atoms with van der Waals surface area (Å²) in [5.41, 5.74) is 3.88. The summed E-state index contributed by atoms with van der Waals surface area (Å²) in [5, 5.41) is 10.6. The van der Waals surface area contributed by atoms with Crippen molar-refractivity contribution >= 4 is 61.6 Å². The summed E-state index contributed by atoms with van der Waals surface area (Å²) in [4.78, 5) is 34.5. The molecule has 2 aromatic carbocycles. The Balaban J connectivity index is 1.13. The van der Waals surface area contributed by atoms with Gasteiger partial charge in [0.25, 0.3) is 0 Å². The molecule has 3 heterocycles. The van der Waals surface area contributed by atoms with Gasteiger partial charge in [0.2, 0.25) is 17.0 Å². The number of nitrogens with zero attached hydrogens (tertiary/aromatic N) is 6. The van der Waals surface area contributed by atoms with E-state index in [2.05, 4.69) is 80.9 Å². The van der Waals surface area contributed by atoms with Crippen LogP contribution in [0.3, 0.4) is 0 Å². The quantitative estimate of drug-likeness (QED) is 0.112. The van der Waals surface area contributed by atoms with Gasteiger partial charge in [-0.1, -0.05) is 90.6 Å². The first-order valence-electron chi connectivity index (χ1n) is 15.5. The Kier molecular flexibility index (Phi) is 11.1. The summed E-state index contributed by atoms with van der Waals surface area (Å²) in [7, 11) is 0. The average molecular weight is 666 g/mol. The minimum absolute atomic E-state index is 0.0607. The number of carbonyl (C=O) groups is 2. The van der Waals surface area contributed by atoms with Crippen LogP contribution in [0, 0.1) is 0 Å². The number of para-hydroxylation sites is 1. The Morgan fingerprint density at radius 2 is 1.70 bits per heavy atom. The van der Waals surface area contributed by atoms with Crippen LogP contribution in [0.25, 0.3) is 22.1 Å². The normalized spacial score (nSPS) is 15.5. The minimum atomic E-state index is 0.0607. The molecule has 0 bridgehead atoms. The summed E-state index contributed by atoms with van der Waals surface area (Å²) in [5.74, 6) is 1.12. The molecule has 1 unspecified atom stereocenters. The largest absolute Gasteiger partial charge is 0.339 e. The fraction of sp³-hybridized carbons (Fsp3) is 0.485. The number of hydrogen-bond acceptors (Lipinski definition) is 6. The monoisotopic (exact) mass is 664 g/mol. The SMILES string of the molecule is CCCCCCCC(=O)N1CCN(C(=O)CCCSc2nnc3c4ccccc4n(Cc4ccc(Br)cc4)c3n2)CC1C. The highest BCUT2D eigenvalue weighted by Crippen LogP contribution is 2.28. The molecule has 228 valence electrons. The molecule has 43 heavy (non-hydrogen) atoms. The number of piperazine rings is 1. The van der Waals surface area contributed by atoms with Crippen molar-refractivity contribution < 1.29 is 9.59 Å². The molecular weight excluding hydrogens is 624 g/mol. The number of halogens is 1. The van der Waals surface area contributed by atoms with Crippen molar-refractivity contribution in [2.24, 2.45) is 0 Å². The summed E-state index contributed by atoms with van der Waals surface area (Å²) in [6, 6.07) is 16.6. The first kappa shape index (κ1) is 31.4. The van der Waals surface area contributed by atoms with E-state index in [0.29, 0.717) is 44.2 Å². The molecule has 1 fully saturated rings. The first-order valence-corrected chi connectivity index (χ1v) is 17.3. The summed E-state index contributed by atoms with van der Waals surface area (Å²) < 4.78 is 3.25. The van der Waals surface area contributed by atoms with E-state index in [0.717, 1.165) is 51.6 Å². The van der Waals surface area contributed by atoms with Crippen molar-refractivity contribution in [1.29, 1.82) is 0 Å². The maximum absolute atomic E-state index is 13.0. The van der Waals surface area contributed by atoms with Crippen LogP contribution in [0.15, 0.2) is 58.2 Å². The Morgan fingerprint density at radius 1 is 0.930 bits per heavy atom. The number of rotatable bonds is 13. The predicted octanol–water partition coefficient (Wildman–Crippen LogP) is 7.08. The molecule has 2 aromatic heterocycles. The second-order valence-electron chi connectivity index (χ2n) is 11.4. The van der Waals surface area contributed by atoms with Crippen molar-refractivity contribution in [3.05, 3.63) is 58.6 Å². The molecule has 0 aliphatic carbocycles. The van der Waals surface area contributed by atoms with Crippen LogP contribution in [0.1, 0.15) is 70.8 Å². The van der Waals surface area contributed by atoms with Gasteiger partial charge in [0.05, 0.1) is 5.52 Å². The maximum atomic E-state index is 13.0. The fourth-order valence-corrected chi connectivity index (χ4v) is 6.79. The Morgan fingerprint density at radius 3 is 2.49 bits per heavy atom. The number of aromatic nitrogens is 4. The van der Waals surface area contributed by atoms with Gasteiger partial charge in [-0.05, 0) is 43.5 Å². The molecule has 1 saturated heterocycles. The Labute approximate surface area is 266 Å². The molecule has 8 nitrogen and oxygen atoms in total. The third-order valence-electron chi connectivity index (χ3n) is 8.17. The zero-order valence-electron chi connectivity index (χ0n) is 25.2. The van der Waals surface area contributed by atoms with Crippen molar-refractivity contribution in [3.8, 4) is 0 Å². The smallest absolute Gasteiger partial charge is 0.222 e. The summed E-state index contributed by atoms with van der Waals surface area (Å²) >= 11 is 5.06. The number of thioether (sulfide) groups is 1. The number of carbonyl (C=O) groups excluding carboxylic acids is 2. The van der Waals surface area contributed by atoms with Crippen LogP contribution in [-0.2, 0) is 16.1 Å². The van der Waals surface area contributed by atoms with E-state index < -0.39 is 0 Å². The van der Waals surface area contributed by atoms with Crippen molar-refractivity contribution in [1.82, 2.24) is 29.5 Å². The Bertz CT molecular complexity index is 1540. The lowest BCUT2D eigenvalue weighted by molar-refractivity contribution is -0.142. The van der Waals surface area contributed by atoms with Gasteiger partial charge in [-0.15, -0.1) is 10.2 Å². The van der Waals surface area contributed by atoms with Gasteiger partial charge in [-0.25, -0.2) is 4.98 Å². The highest BCUT2D eigenvalue weighted by molar-refractivity contribution is 9.10. The van der Waals surface area contributed by atoms with Crippen molar-refractivity contribution in [3.63, 3.8) is 0 Å². The van der Waals surface area contributed by atoms with Gasteiger partial charge in [0.15, 0.2) is 5.65 Å². The summed E-state index contributed by atoms with van der Waals surface area (Å²) in [6.45, 7) is 6.80. The van der Waals surface area contributed by atoms with E-state index in [4.69, 9.17) is 4.98 Å². The molecule has 1 atom stereocenters. The average Bonchev–Trinajstić information content (AvgIpc) is 3.32. The highest BCUT2D eigenvalue weighted by Gasteiger charge is 2.29. The fourth-order valence-electron chi connectivity index (χ4n) is 5.81. The lowest BCUT2D eigenvalue weighted by Crippen LogP contribution is -2.55. The topological polar surface area (TPSA) is 84.2 Å². The standard InChI is InChI=1S/C33H41BrN6O2S/c1-3-4-5-6-7-13-30(42)39-20-19-38(22-24(39)2)29(41)14-10-21-43-33-35-32-31(36-37-33)27-11-8-9-12-28(27)40(32)23-25-15-17-26(34)18-16-25/h8-9,11-12,15-18,24H,3-7,10,13-14,19-23H2,1-2H3. The molecular formula is C33H41BrN6O2S. The molecule has 2 amide bonds. The zero-order valence-corrected chi connectivity index (χ0v) is 27.6. The minimum Gasteiger partial charge on any atom is -0.339 e. The predicted molar refractivity (Wildman–Crippen MR) is 177 cm³/mol. The number of hydrogen-bond donors (Lipinski definition) is 0. The lowest BCUT2D eigenvalue weighted by Gasteiger charge is -2.40. The van der Waals surface area contributed by atoms with Gasteiger partial charge in [-0.3, -0.25) is 9.59 Å². The van der Waals surface area contributed by atoms with Gasteiger partial charge < -0.3 is 14.4 Å². The van der Waals surface area contributed by atoms with Crippen LogP contribution in [0.2, 0.25) is 0 Å². The second kappa shape index (κ2) is 15.1. The van der Waals surface area contributed by atoms with E-state index >= 15 is 0 Å². The van der Waals surface area contributed by atoms with Crippen LogP contribution in [0.4, 0.5) is 0 Å². The third kappa shape index (κ3) is 7.95. The Hall–Kier alpha value is -2.98. The van der Waals surface area contributed by atoms with E-state index in [-0.39, 0.29) is 17.9 Å². The van der Waals surface area contributed by atoms with E-state index in [1.807, 2.05) is 21.9 Å². The van der Waals surface area contributed by atoms with Crippen molar-refractivity contribution in [2.75, 3.05) is 25.4 Å². The number of unbranched alkanes of at least 4 members (excludes halogenated alkanes) is 4. The van der Waals surface area contributed by atoms with Crippen molar-refractivity contribution in [2.45, 2.75) is 83.0 Å². The van der Waals surface area contributed by atoms with E-state index in [9.17, 15) is 9.59 Å². The van der Waals surface area contributed by atoms with Gasteiger partial charge in [0.1, 0.15) is 5.52 Å². The maximum Gasteiger partial charge on any atom is 0.222 e.